The molecule has 4 aromatic rings. The number of rotatable bonds is 10. The Bertz CT molecular complexity index is 1650. The van der Waals surface area contributed by atoms with Crippen LogP contribution in [0.2, 0.25) is 5.02 Å². The summed E-state index contributed by atoms with van der Waals surface area (Å²) < 4.78 is 63.6. The van der Waals surface area contributed by atoms with Gasteiger partial charge in [-0.05, 0) is 43.5 Å². The zero-order valence-corrected chi connectivity index (χ0v) is 25.0. The summed E-state index contributed by atoms with van der Waals surface area (Å²) >= 11 is 6.57. The molecule has 222 valence electrons. The van der Waals surface area contributed by atoms with E-state index < -0.39 is 20.7 Å². The third-order valence-electron chi connectivity index (χ3n) is 7.40. The Morgan fingerprint density at radius 2 is 1.86 bits per heavy atom. The van der Waals surface area contributed by atoms with E-state index in [1.54, 1.807) is 24.4 Å². The number of nitrogens with zero attached hydrogens (tertiary/aromatic N) is 5. The van der Waals surface area contributed by atoms with E-state index in [9.17, 15) is 8.42 Å². The second-order valence-corrected chi connectivity index (χ2v) is 12.1. The Kier molecular flexibility index (Phi) is 8.83. The number of sulfonamides is 1. The molecule has 0 aliphatic heterocycles. The molecule has 0 N–H and O–H groups in total. The molecular weight excluding hydrogens is 585 g/mol. The van der Waals surface area contributed by atoms with Gasteiger partial charge < -0.3 is 14.2 Å². The Balaban J connectivity index is 1.49. The number of benzene rings is 2. The predicted octanol–water partition coefficient (Wildman–Crippen LogP) is 5.52. The van der Waals surface area contributed by atoms with Crippen molar-refractivity contribution in [2.75, 3.05) is 18.5 Å². The summed E-state index contributed by atoms with van der Waals surface area (Å²) in [7, 11) is 0.332. The van der Waals surface area contributed by atoms with Gasteiger partial charge in [0, 0.05) is 54.8 Å². The molecule has 0 amide bonds. The number of methoxy groups -OCH3 is 2. The molecular formula is C29H31ClFN5O5S. The molecule has 2 atom stereocenters. The van der Waals surface area contributed by atoms with Crippen molar-refractivity contribution >= 4 is 27.4 Å². The van der Waals surface area contributed by atoms with Crippen LogP contribution < -0.4 is 18.5 Å². The van der Waals surface area contributed by atoms with E-state index in [-0.39, 0.29) is 35.2 Å². The van der Waals surface area contributed by atoms with E-state index in [4.69, 9.17) is 25.8 Å². The van der Waals surface area contributed by atoms with Crippen LogP contribution >= 0.6 is 11.6 Å². The van der Waals surface area contributed by atoms with Gasteiger partial charge in [0.1, 0.15) is 46.2 Å². The molecule has 1 aliphatic rings. The van der Waals surface area contributed by atoms with E-state index in [2.05, 4.69) is 15.1 Å². The first-order valence-electron chi connectivity index (χ1n) is 13.4. The summed E-state index contributed by atoms with van der Waals surface area (Å²) in [6, 6.07) is 10.5. The quantitative estimate of drug-likeness (QED) is 0.229. The summed E-state index contributed by atoms with van der Waals surface area (Å²) in [4.78, 5) is 7.40. The van der Waals surface area contributed by atoms with Crippen LogP contribution in [0.25, 0.3) is 0 Å². The number of hydrogen-bond donors (Lipinski definition) is 0. The summed E-state index contributed by atoms with van der Waals surface area (Å²) in [5.74, 6) is 0.0903. The molecule has 2 aromatic carbocycles. The molecule has 5 rings (SSSR count). The Hall–Kier alpha value is -3.90. The number of aromatic nitrogens is 4. The minimum Gasteiger partial charge on any atom is -0.497 e. The number of hydrogen-bond acceptors (Lipinski definition) is 8. The normalized spacial score (nSPS) is 17.1. The van der Waals surface area contributed by atoms with Gasteiger partial charge in [-0.1, -0.05) is 18.0 Å². The first-order valence-corrected chi connectivity index (χ1v) is 15.2. The van der Waals surface area contributed by atoms with Crippen LogP contribution in [0.1, 0.15) is 42.9 Å². The molecule has 1 aliphatic carbocycles. The van der Waals surface area contributed by atoms with Crippen molar-refractivity contribution < 1.29 is 27.0 Å². The van der Waals surface area contributed by atoms with Gasteiger partial charge in [-0.15, -0.1) is 0 Å². The van der Waals surface area contributed by atoms with Gasteiger partial charge in [0.2, 0.25) is 0 Å². The Morgan fingerprint density at radius 1 is 1.05 bits per heavy atom. The van der Waals surface area contributed by atoms with Crippen molar-refractivity contribution in [2.45, 2.75) is 49.1 Å². The van der Waals surface area contributed by atoms with Gasteiger partial charge in [0.05, 0.1) is 25.8 Å². The first kappa shape index (κ1) is 29.6. The van der Waals surface area contributed by atoms with Crippen LogP contribution in [0.3, 0.4) is 0 Å². The van der Waals surface area contributed by atoms with Crippen molar-refractivity contribution in [1.82, 2.24) is 19.7 Å². The largest absolute Gasteiger partial charge is 0.497 e. The third kappa shape index (κ3) is 6.00. The van der Waals surface area contributed by atoms with Crippen LogP contribution in [0.4, 0.5) is 10.2 Å². The maximum Gasteiger partial charge on any atom is 0.268 e. The van der Waals surface area contributed by atoms with Crippen LogP contribution in [0.5, 0.6) is 17.2 Å². The maximum absolute atomic E-state index is 15.7. The van der Waals surface area contributed by atoms with E-state index in [1.807, 2.05) is 17.8 Å². The predicted molar refractivity (Wildman–Crippen MR) is 155 cm³/mol. The fourth-order valence-corrected chi connectivity index (χ4v) is 7.01. The fraction of sp³-hybridized carbons (Fsp3) is 0.345. The van der Waals surface area contributed by atoms with E-state index in [1.165, 1.54) is 32.8 Å². The van der Waals surface area contributed by atoms with Crippen molar-refractivity contribution in [1.29, 1.82) is 0 Å². The molecule has 1 fully saturated rings. The molecule has 2 heterocycles. The lowest BCUT2D eigenvalue weighted by atomic mass is 9.84. The number of aryl methyl sites for hydroxylation is 1. The minimum atomic E-state index is -4.52. The van der Waals surface area contributed by atoms with Gasteiger partial charge in [-0.25, -0.2) is 27.1 Å². The lowest BCUT2D eigenvalue weighted by molar-refractivity contribution is 0.126. The average Bonchev–Trinajstić information content (AvgIpc) is 3.43. The summed E-state index contributed by atoms with van der Waals surface area (Å²) in [6.07, 6.45) is 7.71. The van der Waals surface area contributed by atoms with Crippen LogP contribution in [0.15, 0.2) is 66.1 Å². The highest BCUT2D eigenvalue weighted by Gasteiger charge is 2.34. The highest BCUT2D eigenvalue weighted by Crippen LogP contribution is 2.39. The average molecular weight is 616 g/mol. The lowest BCUT2D eigenvalue weighted by Gasteiger charge is -2.32. The highest BCUT2D eigenvalue weighted by atomic mass is 35.5. The second kappa shape index (κ2) is 12.5. The minimum absolute atomic E-state index is 0.0195. The monoisotopic (exact) mass is 615 g/mol. The topological polar surface area (TPSA) is 109 Å². The van der Waals surface area contributed by atoms with Gasteiger partial charge in [0.15, 0.2) is 0 Å². The second-order valence-electron chi connectivity index (χ2n) is 9.90. The number of halogens is 2. The van der Waals surface area contributed by atoms with Gasteiger partial charge >= 0.3 is 0 Å². The SMILES string of the molecule is COc1ccc(CN(c2ccncn2)S(=O)(=O)c2cc(Cl)c(O[C@H]3CCCC[C@@H]3c3ccnn3C)cc2F)c(OC)c1. The van der Waals surface area contributed by atoms with Crippen molar-refractivity contribution in [3.8, 4) is 17.2 Å². The van der Waals surface area contributed by atoms with Crippen LogP contribution in [0, 0.1) is 5.82 Å². The van der Waals surface area contributed by atoms with E-state index >= 15 is 4.39 Å². The molecule has 2 aromatic heterocycles. The number of anilines is 1. The van der Waals surface area contributed by atoms with Crippen molar-refractivity contribution in [2.24, 2.45) is 7.05 Å². The molecule has 0 spiro atoms. The first-order chi connectivity index (χ1) is 20.2. The molecule has 10 nitrogen and oxygen atoms in total. The van der Waals surface area contributed by atoms with Gasteiger partial charge in [-0.2, -0.15) is 5.10 Å². The molecule has 13 heteroatoms. The molecule has 0 unspecified atom stereocenters. The van der Waals surface area contributed by atoms with E-state index in [0.29, 0.717) is 17.1 Å². The van der Waals surface area contributed by atoms with Gasteiger partial charge in [0.25, 0.3) is 10.0 Å². The molecule has 0 bridgehead atoms. The Labute approximate surface area is 249 Å². The molecule has 0 saturated heterocycles. The third-order valence-corrected chi connectivity index (χ3v) is 9.46. The summed E-state index contributed by atoms with van der Waals surface area (Å²) in [5.41, 5.74) is 1.52. The van der Waals surface area contributed by atoms with Gasteiger partial charge in [-0.3, -0.25) is 4.68 Å². The fourth-order valence-electron chi connectivity index (χ4n) is 5.26. The van der Waals surface area contributed by atoms with Crippen LogP contribution in [-0.2, 0) is 23.6 Å². The summed E-state index contributed by atoms with van der Waals surface area (Å²) in [5, 5.41) is 4.26. The Morgan fingerprint density at radius 3 is 2.55 bits per heavy atom. The molecule has 42 heavy (non-hydrogen) atoms. The smallest absolute Gasteiger partial charge is 0.268 e. The van der Waals surface area contributed by atoms with Crippen molar-refractivity contribution in [3.63, 3.8) is 0 Å². The molecule has 1 saturated carbocycles. The lowest BCUT2D eigenvalue weighted by Crippen LogP contribution is -2.32. The zero-order chi connectivity index (χ0) is 29.9. The zero-order valence-electron chi connectivity index (χ0n) is 23.4. The van der Waals surface area contributed by atoms with Crippen molar-refractivity contribution in [3.05, 3.63) is 83.3 Å². The standard InChI is InChI=1S/C29H31ClFN5O5S/c1-35-24(10-13-34-35)21-6-4-5-7-25(21)41-27-16-23(31)28(15-22(27)30)42(37,38)36(29-11-12-32-18-33-29)17-19-8-9-20(39-2)14-26(19)40-3/h8-16,18,21,25H,4-7,17H2,1-3H3/t21-,25+/m1/s1. The van der Waals surface area contributed by atoms with Crippen LogP contribution in [-0.4, -0.2) is 48.5 Å². The molecule has 0 radical (unpaired) electrons. The van der Waals surface area contributed by atoms with E-state index in [0.717, 1.165) is 47.8 Å². The number of ether oxygens (including phenoxy) is 3. The highest BCUT2D eigenvalue weighted by molar-refractivity contribution is 7.92. The maximum atomic E-state index is 15.7. The summed E-state index contributed by atoms with van der Waals surface area (Å²) in [6.45, 7) is -0.212.